The first kappa shape index (κ1) is 16.9. The third-order valence-electron chi connectivity index (χ3n) is 6.20. The molecule has 2 aliphatic rings. The first-order chi connectivity index (χ1) is 12.4. The predicted octanol–water partition coefficient (Wildman–Crippen LogP) is 1.94. The summed E-state index contributed by atoms with van der Waals surface area (Å²) in [5.74, 6) is 0.957. The van der Waals surface area contributed by atoms with E-state index in [2.05, 4.69) is 5.10 Å². The fourth-order valence-electron chi connectivity index (χ4n) is 4.59. The summed E-state index contributed by atoms with van der Waals surface area (Å²) in [7, 11) is 3.79. The molecule has 1 spiro atoms. The maximum atomic E-state index is 12.8. The molecule has 2 saturated heterocycles. The van der Waals surface area contributed by atoms with Gasteiger partial charge in [-0.1, -0.05) is 0 Å². The minimum Gasteiger partial charge on any atom is -0.469 e. The first-order valence-corrected chi connectivity index (χ1v) is 9.01. The molecular weight excluding hydrogens is 332 g/mol. The van der Waals surface area contributed by atoms with Gasteiger partial charge in [0.1, 0.15) is 5.76 Å². The number of hydrogen-bond donors (Lipinski definition) is 0. The third kappa shape index (κ3) is 2.45. The topological polar surface area (TPSA) is 71.6 Å². The van der Waals surface area contributed by atoms with Crippen LogP contribution < -0.4 is 0 Å². The Hall–Kier alpha value is -2.57. The molecule has 0 bridgehead atoms. The first-order valence-electron chi connectivity index (χ1n) is 9.01. The number of carbonyl (C=O) groups excluding carboxylic acids is 2. The summed E-state index contributed by atoms with van der Waals surface area (Å²) in [6, 6.07) is 1.73. The highest BCUT2D eigenvalue weighted by molar-refractivity contribution is 5.95. The number of hydrogen-bond acceptors (Lipinski definition) is 4. The summed E-state index contributed by atoms with van der Waals surface area (Å²) in [6.45, 7) is 3.08. The highest BCUT2D eigenvalue weighted by Gasteiger charge is 2.53. The largest absolute Gasteiger partial charge is 0.469 e. The van der Waals surface area contributed by atoms with Gasteiger partial charge in [-0.05, 0) is 31.4 Å². The fraction of sp³-hybridized carbons (Fsp3) is 0.526. The Bertz CT molecular complexity index is 845. The lowest BCUT2D eigenvalue weighted by Crippen LogP contribution is -2.55. The molecule has 2 fully saturated rings. The number of amides is 2. The van der Waals surface area contributed by atoms with E-state index >= 15 is 0 Å². The number of nitrogens with zero attached hydrogens (tertiary/aromatic N) is 4. The van der Waals surface area contributed by atoms with Crippen LogP contribution in [0.25, 0.3) is 0 Å². The van der Waals surface area contributed by atoms with Gasteiger partial charge < -0.3 is 14.2 Å². The molecule has 0 aromatic carbocycles. The summed E-state index contributed by atoms with van der Waals surface area (Å²) < 4.78 is 7.05. The summed E-state index contributed by atoms with van der Waals surface area (Å²) in [6.07, 6.45) is 7.48. The molecule has 26 heavy (non-hydrogen) atoms. The van der Waals surface area contributed by atoms with Gasteiger partial charge in [-0.15, -0.1) is 0 Å². The molecule has 0 N–H and O–H groups in total. The SMILES string of the molecule is Cc1occc1C(=O)N1CCC2(CC1)[C@H](c1cnn(C)c1)CC(=O)N2C. The summed E-state index contributed by atoms with van der Waals surface area (Å²) in [5.41, 5.74) is 1.50. The minimum absolute atomic E-state index is 0.0102. The van der Waals surface area contributed by atoms with Crippen LogP contribution in [0.1, 0.15) is 46.9 Å². The number of aryl methyl sites for hydroxylation is 2. The second kappa shape index (κ2) is 6.00. The van der Waals surface area contributed by atoms with E-state index in [1.54, 1.807) is 23.9 Å². The number of rotatable bonds is 2. The molecule has 2 amide bonds. The average Bonchev–Trinajstić information content (AvgIpc) is 3.31. The lowest BCUT2D eigenvalue weighted by atomic mass is 9.74. The van der Waals surface area contributed by atoms with Gasteiger partial charge in [0.15, 0.2) is 0 Å². The van der Waals surface area contributed by atoms with Crippen LogP contribution in [0, 0.1) is 6.92 Å². The number of furan rings is 1. The Balaban J connectivity index is 1.56. The van der Waals surface area contributed by atoms with Crippen molar-refractivity contribution in [3.63, 3.8) is 0 Å². The number of carbonyl (C=O) groups is 2. The number of likely N-dealkylation sites (N-methyl/N-ethyl adjacent to an activating group) is 1. The van der Waals surface area contributed by atoms with Crippen molar-refractivity contribution in [2.75, 3.05) is 20.1 Å². The van der Waals surface area contributed by atoms with E-state index in [1.165, 1.54) is 0 Å². The predicted molar refractivity (Wildman–Crippen MR) is 94.6 cm³/mol. The summed E-state index contributed by atoms with van der Waals surface area (Å²) in [4.78, 5) is 29.0. The van der Waals surface area contributed by atoms with Crippen molar-refractivity contribution in [1.82, 2.24) is 19.6 Å². The zero-order valence-electron chi connectivity index (χ0n) is 15.4. The molecule has 7 heteroatoms. The molecule has 0 radical (unpaired) electrons. The van der Waals surface area contributed by atoms with Gasteiger partial charge in [0.05, 0.1) is 23.6 Å². The zero-order valence-corrected chi connectivity index (χ0v) is 15.4. The number of piperidine rings is 1. The van der Waals surface area contributed by atoms with Crippen molar-refractivity contribution in [3.8, 4) is 0 Å². The van der Waals surface area contributed by atoms with E-state index in [0.29, 0.717) is 30.8 Å². The van der Waals surface area contributed by atoms with Crippen molar-refractivity contribution >= 4 is 11.8 Å². The fourth-order valence-corrected chi connectivity index (χ4v) is 4.59. The minimum atomic E-state index is -0.234. The number of likely N-dealkylation sites (tertiary alicyclic amines) is 2. The van der Waals surface area contributed by atoms with Gasteiger partial charge in [-0.3, -0.25) is 14.3 Å². The lowest BCUT2D eigenvalue weighted by molar-refractivity contribution is -0.130. The highest BCUT2D eigenvalue weighted by Crippen LogP contribution is 2.48. The molecule has 2 aromatic rings. The molecular formula is C19H24N4O3. The van der Waals surface area contributed by atoms with Crippen molar-refractivity contribution < 1.29 is 14.0 Å². The lowest BCUT2D eigenvalue weighted by Gasteiger charge is -2.46. The van der Waals surface area contributed by atoms with Crippen molar-refractivity contribution in [3.05, 3.63) is 41.6 Å². The van der Waals surface area contributed by atoms with Crippen LogP contribution >= 0.6 is 0 Å². The van der Waals surface area contributed by atoms with E-state index in [1.807, 2.05) is 36.3 Å². The highest BCUT2D eigenvalue weighted by atomic mass is 16.3. The van der Waals surface area contributed by atoms with Gasteiger partial charge in [-0.2, -0.15) is 5.10 Å². The third-order valence-corrected chi connectivity index (χ3v) is 6.20. The Morgan fingerprint density at radius 1 is 1.31 bits per heavy atom. The molecule has 1 atom stereocenters. The Labute approximate surface area is 152 Å². The quantitative estimate of drug-likeness (QED) is 0.824. The maximum Gasteiger partial charge on any atom is 0.257 e. The molecule has 4 heterocycles. The standard InChI is InChI=1S/C19H24N4O3/c1-13-15(4-9-26-13)18(25)23-7-5-19(6-8-23)16(10-17(24)22(19)3)14-11-20-21(2)12-14/h4,9,11-12,16H,5-8,10H2,1-3H3/t16-/m0/s1. The van der Waals surface area contributed by atoms with Crippen LogP contribution in [0.4, 0.5) is 0 Å². The molecule has 0 aliphatic carbocycles. The van der Waals surface area contributed by atoms with Crippen LogP contribution in [0.15, 0.2) is 29.1 Å². The molecule has 7 nitrogen and oxygen atoms in total. The molecule has 0 saturated carbocycles. The molecule has 0 unspecified atom stereocenters. The van der Waals surface area contributed by atoms with Crippen LogP contribution in [0.3, 0.4) is 0 Å². The average molecular weight is 356 g/mol. The number of aromatic nitrogens is 2. The summed E-state index contributed by atoms with van der Waals surface area (Å²) >= 11 is 0. The van der Waals surface area contributed by atoms with Crippen LogP contribution in [-0.4, -0.2) is 57.1 Å². The van der Waals surface area contributed by atoms with Gasteiger partial charge in [0.25, 0.3) is 5.91 Å². The molecule has 2 aliphatic heterocycles. The normalized spacial score (nSPS) is 22.4. The van der Waals surface area contributed by atoms with Crippen molar-refractivity contribution in [1.29, 1.82) is 0 Å². The van der Waals surface area contributed by atoms with E-state index in [-0.39, 0.29) is 23.3 Å². The zero-order chi connectivity index (χ0) is 18.5. The van der Waals surface area contributed by atoms with E-state index in [9.17, 15) is 9.59 Å². The van der Waals surface area contributed by atoms with Crippen molar-refractivity contribution in [2.45, 2.75) is 37.6 Å². The van der Waals surface area contributed by atoms with Crippen LogP contribution in [-0.2, 0) is 11.8 Å². The van der Waals surface area contributed by atoms with Gasteiger partial charge in [0.2, 0.25) is 5.91 Å². The van der Waals surface area contributed by atoms with Crippen molar-refractivity contribution in [2.24, 2.45) is 7.05 Å². The van der Waals surface area contributed by atoms with Crippen LogP contribution in [0.5, 0.6) is 0 Å². The molecule has 138 valence electrons. The molecule has 4 rings (SSSR count). The van der Waals surface area contributed by atoms with E-state index in [0.717, 1.165) is 18.4 Å². The second-order valence-corrected chi connectivity index (χ2v) is 7.44. The van der Waals surface area contributed by atoms with Gasteiger partial charge in [0, 0.05) is 45.7 Å². The smallest absolute Gasteiger partial charge is 0.257 e. The summed E-state index contributed by atoms with van der Waals surface area (Å²) in [5, 5.41) is 4.29. The van der Waals surface area contributed by atoms with Gasteiger partial charge in [-0.25, -0.2) is 0 Å². The Morgan fingerprint density at radius 3 is 2.62 bits per heavy atom. The van der Waals surface area contributed by atoms with E-state index in [4.69, 9.17) is 4.42 Å². The second-order valence-electron chi connectivity index (χ2n) is 7.44. The Morgan fingerprint density at radius 2 is 2.04 bits per heavy atom. The molecule has 2 aromatic heterocycles. The maximum absolute atomic E-state index is 12.8. The monoisotopic (exact) mass is 356 g/mol. The van der Waals surface area contributed by atoms with Crippen LogP contribution in [0.2, 0.25) is 0 Å². The van der Waals surface area contributed by atoms with Gasteiger partial charge >= 0.3 is 0 Å². The van der Waals surface area contributed by atoms with E-state index < -0.39 is 0 Å². The Kier molecular flexibility index (Phi) is 3.89.